The lowest BCUT2D eigenvalue weighted by molar-refractivity contribution is -0.151. The maximum Gasteiger partial charge on any atom is 0.307 e. The van der Waals surface area contributed by atoms with Gasteiger partial charge in [-0.3, -0.25) is 19.2 Å². The average Bonchev–Trinajstić information content (AvgIpc) is 2.83. The van der Waals surface area contributed by atoms with E-state index in [1.54, 1.807) is 30.4 Å². The third kappa shape index (κ3) is 13.1. The molecule has 0 aromatic heterocycles. The van der Waals surface area contributed by atoms with Crippen LogP contribution in [0.15, 0.2) is 48.6 Å². The first-order valence-corrected chi connectivity index (χ1v) is 13.1. The highest BCUT2D eigenvalue weighted by Crippen LogP contribution is 2.32. The summed E-state index contributed by atoms with van der Waals surface area (Å²) in [7, 11) is 0. The maximum absolute atomic E-state index is 12.0. The third-order valence-electron chi connectivity index (χ3n) is 6.50. The van der Waals surface area contributed by atoms with Gasteiger partial charge in [-0.2, -0.15) is 0 Å². The van der Waals surface area contributed by atoms with Crippen molar-refractivity contribution < 1.29 is 44.7 Å². The summed E-state index contributed by atoms with van der Waals surface area (Å²) in [5.74, 6) is -8.99. The summed E-state index contributed by atoms with van der Waals surface area (Å²) in [5, 5.41) is 47.4. The fourth-order valence-electron chi connectivity index (χ4n) is 4.53. The van der Waals surface area contributed by atoms with Crippen LogP contribution < -0.4 is 0 Å². The standard InChI is InChI=1S/C29H40O9/c1-2-3-13-21(24(28(35)36)18-26(31)32)17-22(25(29(37)38)19-27(33)34)14-9-7-5-4-6-8-11-20-12-10-15-23(30)16-20/h3,9-10,12-16,21-22,24-25,30H,2,4-8,11,17-19H2,1H3,(H,31,32)(H,33,34)(H,35,36)(H,37,38)/b13-3+,14-9+. The van der Waals surface area contributed by atoms with Crippen molar-refractivity contribution in [1.29, 1.82) is 0 Å². The average molecular weight is 533 g/mol. The monoisotopic (exact) mass is 532 g/mol. The molecular weight excluding hydrogens is 492 g/mol. The molecule has 38 heavy (non-hydrogen) atoms. The first kappa shape index (κ1) is 32.4. The first-order chi connectivity index (χ1) is 18.0. The molecule has 1 aromatic carbocycles. The first-order valence-electron chi connectivity index (χ1n) is 13.1. The zero-order valence-corrected chi connectivity index (χ0v) is 21.9. The number of aromatic hydroxyl groups is 1. The Morgan fingerprint density at radius 1 is 0.789 bits per heavy atom. The van der Waals surface area contributed by atoms with Crippen molar-refractivity contribution in [3.8, 4) is 5.75 Å². The molecule has 5 N–H and O–H groups in total. The summed E-state index contributed by atoms with van der Waals surface area (Å²) in [6, 6.07) is 7.15. The van der Waals surface area contributed by atoms with Gasteiger partial charge in [0.1, 0.15) is 5.75 Å². The number of aryl methyl sites for hydroxylation is 1. The Morgan fingerprint density at radius 2 is 1.34 bits per heavy atom. The number of allylic oxidation sites excluding steroid dienone is 4. The van der Waals surface area contributed by atoms with Crippen molar-refractivity contribution in [2.75, 3.05) is 0 Å². The van der Waals surface area contributed by atoms with E-state index in [9.17, 15) is 44.7 Å². The summed E-state index contributed by atoms with van der Waals surface area (Å²) in [5.41, 5.74) is 1.07. The van der Waals surface area contributed by atoms with E-state index >= 15 is 0 Å². The summed E-state index contributed by atoms with van der Waals surface area (Å²) in [6.45, 7) is 1.84. The molecule has 0 spiro atoms. The fourth-order valence-corrected chi connectivity index (χ4v) is 4.53. The van der Waals surface area contributed by atoms with Crippen LogP contribution in [0, 0.1) is 23.7 Å². The SMILES string of the molecule is CC/C=C/C(CC(/C=C/CCCCCCc1cccc(O)c1)C(CC(=O)O)C(=O)O)C(CC(=O)O)C(=O)O. The molecule has 0 heterocycles. The highest BCUT2D eigenvalue weighted by atomic mass is 16.4. The number of carbonyl (C=O) groups is 4. The summed E-state index contributed by atoms with van der Waals surface area (Å²) < 4.78 is 0. The van der Waals surface area contributed by atoms with E-state index in [1.807, 2.05) is 25.1 Å². The lowest BCUT2D eigenvalue weighted by Crippen LogP contribution is -2.31. The number of phenols is 1. The van der Waals surface area contributed by atoms with E-state index < -0.39 is 60.4 Å². The highest BCUT2D eigenvalue weighted by Gasteiger charge is 2.35. The van der Waals surface area contributed by atoms with Crippen molar-refractivity contribution >= 4 is 23.9 Å². The number of unbranched alkanes of at least 4 members (excludes halogenated alkanes) is 4. The normalized spacial score (nSPS) is 14.8. The van der Waals surface area contributed by atoms with E-state index in [2.05, 4.69) is 0 Å². The smallest absolute Gasteiger partial charge is 0.307 e. The van der Waals surface area contributed by atoms with Gasteiger partial charge in [0.05, 0.1) is 24.7 Å². The number of phenolic OH excluding ortho intramolecular Hbond substituents is 1. The number of hydrogen-bond acceptors (Lipinski definition) is 5. The molecule has 0 aliphatic heterocycles. The van der Waals surface area contributed by atoms with Gasteiger partial charge in [-0.15, -0.1) is 0 Å². The maximum atomic E-state index is 12.0. The molecular formula is C29H40O9. The van der Waals surface area contributed by atoms with Crippen LogP contribution in [0.5, 0.6) is 5.75 Å². The fraction of sp³-hybridized carbons (Fsp3) is 0.517. The Morgan fingerprint density at radius 3 is 1.84 bits per heavy atom. The topological polar surface area (TPSA) is 169 Å². The van der Waals surface area contributed by atoms with Crippen molar-refractivity contribution in [1.82, 2.24) is 0 Å². The Balaban J connectivity index is 2.89. The van der Waals surface area contributed by atoms with Crippen molar-refractivity contribution in [3.63, 3.8) is 0 Å². The summed E-state index contributed by atoms with van der Waals surface area (Å²) in [6.07, 6.45) is 11.3. The van der Waals surface area contributed by atoms with E-state index in [0.29, 0.717) is 12.8 Å². The van der Waals surface area contributed by atoms with Gasteiger partial charge >= 0.3 is 23.9 Å². The molecule has 0 aliphatic carbocycles. The van der Waals surface area contributed by atoms with Crippen LogP contribution in [0.1, 0.15) is 70.3 Å². The number of benzene rings is 1. The molecule has 9 heteroatoms. The number of rotatable bonds is 20. The van der Waals surface area contributed by atoms with E-state index in [-0.39, 0.29) is 12.2 Å². The minimum atomic E-state index is -1.29. The predicted molar refractivity (Wildman–Crippen MR) is 142 cm³/mol. The second-order valence-corrected chi connectivity index (χ2v) is 9.54. The van der Waals surface area contributed by atoms with Crippen LogP contribution in [0.4, 0.5) is 0 Å². The number of carboxylic acids is 4. The molecule has 1 rings (SSSR count). The Hall–Kier alpha value is -3.62. The Kier molecular flexibility index (Phi) is 15.2. The second-order valence-electron chi connectivity index (χ2n) is 9.54. The van der Waals surface area contributed by atoms with Crippen LogP contribution in [0.3, 0.4) is 0 Å². The van der Waals surface area contributed by atoms with Crippen LogP contribution in [0.25, 0.3) is 0 Å². The molecule has 9 nitrogen and oxygen atoms in total. The minimum Gasteiger partial charge on any atom is -0.508 e. The summed E-state index contributed by atoms with van der Waals surface area (Å²) >= 11 is 0. The van der Waals surface area contributed by atoms with E-state index in [1.165, 1.54) is 0 Å². The van der Waals surface area contributed by atoms with Crippen LogP contribution in [-0.2, 0) is 25.6 Å². The van der Waals surface area contributed by atoms with Crippen LogP contribution >= 0.6 is 0 Å². The molecule has 4 atom stereocenters. The lowest BCUT2D eigenvalue weighted by atomic mass is 9.76. The van der Waals surface area contributed by atoms with Crippen molar-refractivity contribution in [3.05, 3.63) is 54.1 Å². The van der Waals surface area contributed by atoms with Gasteiger partial charge in [0.2, 0.25) is 0 Å². The quantitative estimate of drug-likeness (QED) is 0.109. The van der Waals surface area contributed by atoms with Crippen LogP contribution in [0.2, 0.25) is 0 Å². The van der Waals surface area contributed by atoms with Gasteiger partial charge in [-0.1, -0.05) is 56.2 Å². The molecule has 0 amide bonds. The molecule has 4 unspecified atom stereocenters. The molecule has 0 bridgehead atoms. The molecule has 0 fully saturated rings. The highest BCUT2D eigenvalue weighted by molar-refractivity contribution is 5.79. The third-order valence-corrected chi connectivity index (χ3v) is 6.50. The Bertz CT molecular complexity index is 967. The zero-order chi connectivity index (χ0) is 28.5. The molecule has 0 radical (unpaired) electrons. The molecule has 0 aliphatic rings. The second kappa shape index (κ2) is 17.8. The van der Waals surface area contributed by atoms with Crippen molar-refractivity contribution in [2.45, 2.75) is 71.1 Å². The zero-order valence-electron chi connectivity index (χ0n) is 21.9. The largest absolute Gasteiger partial charge is 0.508 e. The molecule has 0 saturated carbocycles. The van der Waals surface area contributed by atoms with Crippen LogP contribution in [-0.4, -0.2) is 49.4 Å². The van der Waals surface area contributed by atoms with Gasteiger partial charge in [0.25, 0.3) is 0 Å². The van der Waals surface area contributed by atoms with Gasteiger partial charge < -0.3 is 25.5 Å². The predicted octanol–water partition coefficient (Wildman–Crippen LogP) is 5.38. The van der Waals surface area contributed by atoms with Gasteiger partial charge in [-0.05, 0) is 68.1 Å². The molecule has 1 aromatic rings. The number of aliphatic carboxylic acids is 4. The summed E-state index contributed by atoms with van der Waals surface area (Å²) in [4.78, 5) is 46.5. The van der Waals surface area contributed by atoms with E-state index in [4.69, 9.17) is 0 Å². The molecule has 210 valence electrons. The number of hydrogen-bond donors (Lipinski definition) is 5. The van der Waals surface area contributed by atoms with Crippen molar-refractivity contribution in [2.24, 2.45) is 23.7 Å². The van der Waals surface area contributed by atoms with Gasteiger partial charge in [0, 0.05) is 0 Å². The lowest BCUT2D eigenvalue weighted by Gasteiger charge is -2.27. The molecule has 0 saturated heterocycles. The van der Waals surface area contributed by atoms with Gasteiger partial charge in [-0.25, -0.2) is 0 Å². The minimum absolute atomic E-state index is 0.00537. The number of carboxylic acid groups (broad SMARTS) is 4. The van der Waals surface area contributed by atoms with Gasteiger partial charge in [0.15, 0.2) is 0 Å². The van der Waals surface area contributed by atoms with E-state index in [0.717, 1.165) is 37.7 Å². The Labute approximate surface area is 223 Å².